The molecule has 0 saturated carbocycles. The van der Waals surface area contributed by atoms with Gasteiger partial charge in [0.25, 0.3) is 0 Å². The van der Waals surface area contributed by atoms with E-state index in [4.69, 9.17) is 0 Å². The van der Waals surface area contributed by atoms with Crippen LogP contribution in [0.1, 0.15) is 26.7 Å². The minimum atomic E-state index is -1.09. The minimum absolute atomic E-state index is 0.544. The Labute approximate surface area is 105 Å². The van der Waals surface area contributed by atoms with Crippen LogP contribution < -0.4 is 0 Å². The molecule has 88 valence electrons. The van der Waals surface area contributed by atoms with Crippen LogP contribution in [0.3, 0.4) is 0 Å². The first-order valence-electron chi connectivity index (χ1n) is 5.79. The SMILES string of the molecule is CC(C)=CCC1([Si](C)(C)C)SCCCS1. The predicted molar refractivity (Wildman–Crippen MR) is 79.7 cm³/mol. The zero-order valence-electron chi connectivity index (χ0n) is 10.7. The first-order valence-corrected chi connectivity index (χ1v) is 11.3. The Morgan fingerprint density at radius 3 is 2.13 bits per heavy atom. The summed E-state index contributed by atoms with van der Waals surface area (Å²) in [7, 11) is -1.09. The van der Waals surface area contributed by atoms with Gasteiger partial charge in [-0.25, -0.2) is 0 Å². The van der Waals surface area contributed by atoms with Crippen molar-refractivity contribution >= 4 is 31.6 Å². The highest BCUT2D eigenvalue weighted by molar-refractivity contribution is 8.21. The molecule has 1 aliphatic rings. The molecule has 1 heterocycles. The Kier molecular flexibility index (Phi) is 4.87. The second kappa shape index (κ2) is 5.33. The average molecular weight is 261 g/mol. The fraction of sp³-hybridized carbons (Fsp3) is 0.833. The smallest absolute Gasteiger partial charge is 0.0756 e. The van der Waals surface area contributed by atoms with Gasteiger partial charge in [0.15, 0.2) is 0 Å². The van der Waals surface area contributed by atoms with E-state index in [0.717, 1.165) is 0 Å². The molecule has 15 heavy (non-hydrogen) atoms. The quantitative estimate of drug-likeness (QED) is 0.529. The lowest BCUT2D eigenvalue weighted by atomic mass is 10.3. The van der Waals surface area contributed by atoms with Crippen LogP contribution in [0.25, 0.3) is 0 Å². The van der Waals surface area contributed by atoms with Gasteiger partial charge in [0.05, 0.1) is 11.8 Å². The van der Waals surface area contributed by atoms with Crippen molar-refractivity contribution in [2.75, 3.05) is 11.5 Å². The van der Waals surface area contributed by atoms with Gasteiger partial charge in [-0.3, -0.25) is 0 Å². The molecule has 0 aromatic carbocycles. The van der Waals surface area contributed by atoms with E-state index in [1.807, 2.05) is 0 Å². The summed E-state index contributed by atoms with van der Waals surface area (Å²) in [6.45, 7) is 12.0. The van der Waals surface area contributed by atoms with Crippen molar-refractivity contribution in [3.8, 4) is 0 Å². The molecule has 1 saturated heterocycles. The zero-order chi connectivity index (χ0) is 11.5. The first kappa shape index (κ1) is 13.7. The summed E-state index contributed by atoms with van der Waals surface area (Å²) < 4.78 is 0.544. The normalized spacial score (nSPS) is 21.1. The van der Waals surface area contributed by atoms with Gasteiger partial charge in [-0.1, -0.05) is 31.3 Å². The van der Waals surface area contributed by atoms with Crippen molar-refractivity contribution in [3.05, 3.63) is 11.6 Å². The molecule has 0 bridgehead atoms. The van der Waals surface area contributed by atoms with Crippen LogP contribution in [-0.4, -0.2) is 23.3 Å². The number of thioether (sulfide) groups is 2. The van der Waals surface area contributed by atoms with Gasteiger partial charge in [-0.05, 0) is 38.2 Å². The number of hydrogen-bond acceptors (Lipinski definition) is 2. The highest BCUT2D eigenvalue weighted by atomic mass is 32.2. The maximum absolute atomic E-state index is 2.52. The zero-order valence-corrected chi connectivity index (χ0v) is 13.4. The lowest BCUT2D eigenvalue weighted by Gasteiger charge is -2.44. The molecular weight excluding hydrogens is 236 g/mol. The van der Waals surface area contributed by atoms with Gasteiger partial charge in [0.1, 0.15) is 0 Å². The lowest BCUT2D eigenvalue weighted by Crippen LogP contribution is -2.48. The van der Waals surface area contributed by atoms with Crippen LogP contribution in [-0.2, 0) is 0 Å². The van der Waals surface area contributed by atoms with Crippen LogP contribution in [0.15, 0.2) is 11.6 Å². The van der Waals surface area contributed by atoms with Crippen LogP contribution in [0.5, 0.6) is 0 Å². The Hall–Kier alpha value is 0.657. The molecule has 3 heteroatoms. The highest BCUT2D eigenvalue weighted by Crippen LogP contribution is 2.51. The molecule has 0 N–H and O–H groups in total. The Bertz CT molecular complexity index is 230. The molecule has 1 rings (SSSR count). The molecule has 0 radical (unpaired) electrons. The van der Waals surface area contributed by atoms with Crippen molar-refractivity contribution in [3.63, 3.8) is 0 Å². The monoisotopic (exact) mass is 260 g/mol. The van der Waals surface area contributed by atoms with Crippen LogP contribution in [0.4, 0.5) is 0 Å². The molecule has 0 amide bonds. The van der Waals surface area contributed by atoms with Gasteiger partial charge in [-0.15, -0.1) is 23.5 Å². The third kappa shape index (κ3) is 3.57. The lowest BCUT2D eigenvalue weighted by molar-refractivity contribution is 0.986. The second-order valence-corrected chi connectivity index (χ2v) is 14.7. The maximum Gasteiger partial charge on any atom is 0.0756 e. The molecule has 0 aliphatic carbocycles. The van der Waals surface area contributed by atoms with Crippen molar-refractivity contribution < 1.29 is 0 Å². The molecular formula is C12H24S2Si. The molecule has 0 spiro atoms. The summed E-state index contributed by atoms with van der Waals surface area (Å²) in [6, 6.07) is 0. The van der Waals surface area contributed by atoms with Crippen LogP contribution >= 0.6 is 23.5 Å². The highest BCUT2D eigenvalue weighted by Gasteiger charge is 2.44. The van der Waals surface area contributed by atoms with Gasteiger partial charge < -0.3 is 0 Å². The van der Waals surface area contributed by atoms with Crippen molar-refractivity contribution in [1.29, 1.82) is 0 Å². The Balaban J connectivity index is 2.81. The summed E-state index contributed by atoms with van der Waals surface area (Å²) in [5, 5.41) is 0. The topological polar surface area (TPSA) is 0 Å². The van der Waals surface area contributed by atoms with Crippen molar-refractivity contribution in [1.82, 2.24) is 0 Å². The van der Waals surface area contributed by atoms with E-state index in [1.165, 1.54) is 29.9 Å². The molecule has 0 unspecified atom stereocenters. The summed E-state index contributed by atoms with van der Waals surface area (Å²) in [5.41, 5.74) is 1.47. The van der Waals surface area contributed by atoms with E-state index >= 15 is 0 Å². The predicted octanol–water partition coefficient (Wildman–Crippen LogP) is 4.79. The third-order valence-corrected chi connectivity index (χ3v) is 12.9. The van der Waals surface area contributed by atoms with Gasteiger partial charge >= 0.3 is 0 Å². The van der Waals surface area contributed by atoms with Gasteiger partial charge in [0.2, 0.25) is 0 Å². The number of rotatable bonds is 3. The molecule has 1 aliphatic heterocycles. The van der Waals surface area contributed by atoms with E-state index in [2.05, 4.69) is 63.1 Å². The summed E-state index contributed by atoms with van der Waals surface area (Å²) in [6.07, 6.45) is 5.13. The molecule has 1 fully saturated rings. The van der Waals surface area contributed by atoms with Crippen LogP contribution in [0.2, 0.25) is 19.6 Å². The first-order chi connectivity index (χ1) is 6.87. The maximum atomic E-state index is 2.52. The summed E-state index contributed by atoms with van der Waals surface area (Å²) in [5.74, 6) is 2.74. The standard InChI is InChI=1S/C12H24S2Si/c1-11(2)7-8-12(15(3,4)5)13-9-6-10-14-12/h7H,6,8-10H2,1-5H3. The summed E-state index contributed by atoms with van der Waals surface area (Å²) >= 11 is 4.48. The number of allylic oxidation sites excluding steroid dienone is 2. The Morgan fingerprint density at radius 1 is 1.20 bits per heavy atom. The van der Waals surface area contributed by atoms with Gasteiger partial charge in [0, 0.05) is 0 Å². The van der Waals surface area contributed by atoms with Crippen LogP contribution in [0, 0.1) is 0 Å². The third-order valence-electron chi connectivity index (χ3n) is 2.88. The van der Waals surface area contributed by atoms with Crippen molar-refractivity contribution in [2.45, 2.75) is 50.0 Å². The van der Waals surface area contributed by atoms with E-state index in [9.17, 15) is 0 Å². The molecule has 0 atom stereocenters. The van der Waals surface area contributed by atoms with E-state index in [-0.39, 0.29) is 0 Å². The van der Waals surface area contributed by atoms with E-state index in [1.54, 1.807) is 0 Å². The average Bonchev–Trinajstić information content (AvgIpc) is 2.14. The molecule has 0 aromatic heterocycles. The largest absolute Gasteiger partial charge is 0.147 e. The number of hydrogen-bond donors (Lipinski definition) is 0. The molecule has 0 aromatic rings. The van der Waals surface area contributed by atoms with E-state index < -0.39 is 8.07 Å². The van der Waals surface area contributed by atoms with Crippen molar-refractivity contribution in [2.24, 2.45) is 0 Å². The van der Waals surface area contributed by atoms with E-state index in [0.29, 0.717) is 3.70 Å². The Morgan fingerprint density at radius 2 is 1.73 bits per heavy atom. The molecule has 0 nitrogen and oxygen atoms in total. The summed E-state index contributed by atoms with van der Waals surface area (Å²) in [4.78, 5) is 0. The minimum Gasteiger partial charge on any atom is -0.147 e. The fourth-order valence-corrected chi connectivity index (χ4v) is 9.22. The fourth-order valence-electron chi connectivity index (χ4n) is 1.77. The van der Waals surface area contributed by atoms with Gasteiger partial charge in [-0.2, -0.15) is 0 Å². The second-order valence-electron chi connectivity index (χ2n) is 5.54.